The van der Waals surface area contributed by atoms with Gasteiger partial charge in [0.1, 0.15) is 0 Å². The van der Waals surface area contributed by atoms with Crippen LogP contribution in [0.1, 0.15) is 5.69 Å². The third kappa shape index (κ3) is 4.28. The number of carbonyl (C=O) groups is 1. The lowest BCUT2D eigenvalue weighted by atomic mass is 10.2. The molecule has 6 nitrogen and oxygen atoms in total. The van der Waals surface area contributed by atoms with Gasteiger partial charge in [0.05, 0.1) is 23.2 Å². The zero-order chi connectivity index (χ0) is 15.5. The van der Waals surface area contributed by atoms with Gasteiger partial charge in [-0.1, -0.05) is 6.07 Å². The van der Waals surface area contributed by atoms with Crippen molar-refractivity contribution < 1.29 is 13.2 Å². The first kappa shape index (κ1) is 15.0. The number of rotatable bonds is 4. The average molecular weight is 305 g/mol. The zero-order valence-electron chi connectivity index (χ0n) is 11.4. The molecule has 1 amide bonds. The van der Waals surface area contributed by atoms with Crippen molar-refractivity contribution in [1.82, 2.24) is 4.98 Å². The van der Waals surface area contributed by atoms with Gasteiger partial charge in [0, 0.05) is 17.6 Å². The van der Waals surface area contributed by atoms with Gasteiger partial charge in [-0.05, 0) is 30.3 Å². The van der Waals surface area contributed by atoms with Gasteiger partial charge in [0.2, 0.25) is 5.91 Å². The molecule has 0 saturated heterocycles. The van der Waals surface area contributed by atoms with E-state index in [1.807, 2.05) is 0 Å². The van der Waals surface area contributed by atoms with Crippen molar-refractivity contribution in [3.63, 3.8) is 0 Å². The summed E-state index contributed by atoms with van der Waals surface area (Å²) in [5.41, 5.74) is 7.06. The maximum absolute atomic E-state index is 11.9. The van der Waals surface area contributed by atoms with E-state index in [1.54, 1.807) is 24.3 Å². The number of hydrogen-bond acceptors (Lipinski definition) is 5. The van der Waals surface area contributed by atoms with Crippen molar-refractivity contribution in [2.24, 2.45) is 0 Å². The van der Waals surface area contributed by atoms with Gasteiger partial charge in [0.15, 0.2) is 9.84 Å². The highest BCUT2D eigenvalue weighted by Gasteiger charge is 2.09. The lowest BCUT2D eigenvalue weighted by Crippen LogP contribution is -2.15. The van der Waals surface area contributed by atoms with E-state index >= 15 is 0 Å². The van der Waals surface area contributed by atoms with Crippen LogP contribution >= 0.6 is 0 Å². The molecule has 0 spiro atoms. The topological polar surface area (TPSA) is 102 Å². The van der Waals surface area contributed by atoms with E-state index in [0.29, 0.717) is 17.1 Å². The van der Waals surface area contributed by atoms with Gasteiger partial charge in [0.25, 0.3) is 0 Å². The summed E-state index contributed by atoms with van der Waals surface area (Å²) in [4.78, 5) is 16.1. The molecular weight excluding hydrogens is 290 g/mol. The fraction of sp³-hybridized carbons (Fsp3) is 0.143. The molecule has 2 aromatic rings. The first-order chi connectivity index (χ1) is 9.84. The second-order valence-corrected chi connectivity index (χ2v) is 6.62. The Balaban J connectivity index is 2.08. The van der Waals surface area contributed by atoms with Gasteiger partial charge >= 0.3 is 0 Å². The predicted molar refractivity (Wildman–Crippen MR) is 80.5 cm³/mol. The number of nitrogens with two attached hydrogens (primary N) is 1. The van der Waals surface area contributed by atoms with Crippen LogP contribution in [0.15, 0.2) is 47.5 Å². The van der Waals surface area contributed by atoms with E-state index in [-0.39, 0.29) is 17.2 Å². The molecule has 0 bridgehead atoms. The summed E-state index contributed by atoms with van der Waals surface area (Å²) in [5.74, 6) is -0.280. The molecule has 0 atom stereocenters. The maximum atomic E-state index is 11.9. The molecule has 1 heterocycles. The molecule has 0 unspecified atom stereocenters. The maximum Gasteiger partial charge on any atom is 0.230 e. The normalized spacial score (nSPS) is 11.1. The molecule has 110 valence electrons. The molecule has 0 aliphatic carbocycles. The summed E-state index contributed by atoms with van der Waals surface area (Å²) in [6.45, 7) is 0. The molecular formula is C14H15N3O3S. The van der Waals surface area contributed by atoms with Crippen LogP contribution in [-0.2, 0) is 21.1 Å². The lowest BCUT2D eigenvalue weighted by molar-refractivity contribution is -0.115. The van der Waals surface area contributed by atoms with Crippen molar-refractivity contribution in [3.8, 4) is 0 Å². The quantitative estimate of drug-likeness (QED) is 0.885. The minimum Gasteiger partial charge on any atom is -0.397 e. The Morgan fingerprint density at radius 1 is 1.29 bits per heavy atom. The number of carbonyl (C=O) groups excluding carboxylic acids is 1. The van der Waals surface area contributed by atoms with Crippen molar-refractivity contribution >= 4 is 27.1 Å². The van der Waals surface area contributed by atoms with Gasteiger partial charge < -0.3 is 11.1 Å². The van der Waals surface area contributed by atoms with Crippen LogP contribution in [0.4, 0.5) is 11.4 Å². The van der Waals surface area contributed by atoms with Crippen LogP contribution in [0.3, 0.4) is 0 Å². The Kier molecular flexibility index (Phi) is 4.23. The van der Waals surface area contributed by atoms with Gasteiger partial charge in [-0.25, -0.2) is 8.42 Å². The van der Waals surface area contributed by atoms with Gasteiger partial charge in [-0.2, -0.15) is 0 Å². The molecule has 0 aliphatic heterocycles. The van der Waals surface area contributed by atoms with Crippen LogP contribution in [-0.4, -0.2) is 25.6 Å². The molecule has 7 heteroatoms. The molecule has 0 saturated carbocycles. The molecule has 1 aromatic carbocycles. The zero-order valence-corrected chi connectivity index (χ0v) is 12.2. The molecule has 0 aliphatic rings. The van der Waals surface area contributed by atoms with E-state index in [9.17, 15) is 13.2 Å². The SMILES string of the molecule is CS(=O)(=O)c1cccc(NC(=O)Cc2ccc(N)cn2)c1. The Bertz CT molecular complexity index is 755. The second-order valence-electron chi connectivity index (χ2n) is 4.61. The first-order valence-corrected chi connectivity index (χ1v) is 8.04. The molecule has 1 aromatic heterocycles. The number of pyridine rings is 1. The predicted octanol–water partition coefficient (Wildman–Crippen LogP) is 1.25. The van der Waals surface area contributed by atoms with Crippen molar-refractivity contribution in [1.29, 1.82) is 0 Å². The highest BCUT2D eigenvalue weighted by Crippen LogP contribution is 2.15. The minimum absolute atomic E-state index is 0.0867. The van der Waals surface area contributed by atoms with E-state index < -0.39 is 9.84 Å². The average Bonchev–Trinajstić information content (AvgIpc) is 2.41. The summed E-state index contributed by atoms with van der Waals surface area (Å²) >= 11 is 0. The van der Waals surface area contributed by atoms with Crippen molar-refractivity contribution in [2.45, 2.75) is 11.3 Å². The van der Waals surface area contributed by atoms with Crippen molar-refractivity contribution in [3.05, 3.63) is 48.3 Å². The van der Waals surface area contributed by atoms with Gasteiger partial charge in [-0.15, -0.1) is 0 Å². The highest BCUT2D eigenvalue weighted by atomic mass is 32.2. The minimum atomic E-state index is -3.30. The first-order valence-electron chi connectivity index (χ1n) is 6.15. The molecule has 21 heavy (non-hydrogen) atoms. The largest absolute Gasteiger partial charge is 0.397 e. The number of aromatic nitrogens is 1. The standard InChI is InChI=1S/C14H15N3O3S/c1-21(19,20)13-4-2-3-12(7-13)17-14(18)8-11-6-5-10(15)9-16-11/h2-7,9H,8,15H2,1H3,(H,17,18). The Hall–Kier alpha value is -2.41. The van der Waals surface area contributed by atoms with Gasteiger partial charge in [-0.3, -0.25) is 9.78 Å². The summed E-state index contributed by atoms with van der Waals surface area (Å²) < 4.78 is 22.9. The number of benzene rings is 1. The second kappa shape index (κ2) is 5.92. The van der Waals surface area contributed by atoms with E-state index in [2.05, 4.69) is 10.3 Å². The fourth-order valence-electron chi connectivity index (χ4n) is 1.71. The number of amides is 1. The van der Waals surface area contributed by atoms with Crippen LogP contribution in [0.25, 0.3) is 0 Å². The lowest BCUT2D eigenvalue weighted by Gasteiger charge is -2.06. The third-order valence-corrected chi connectivity index (χ3v) is 3.85. The molecule has 2 rings (SSSR count). The number of nitrogens with zero attached hydrogens (tertiary/aromatic N) is 1. The van der Waals surface area contributed by atoms with Crippen LogP contribution < -0.4 is 11.1 Å². The fourth-order valence-corrected chi connectivity index (χ4v) is 2.38. The summed E-state index contributed by atoms with van der Waals surface area (Å²) in [6.07, 6.45) is 2.68. The van der Waals surface area contributed by atoms with Crippen LogP contribution in [0.2, 0.25) is 0 Å². The van der Waals surface area contributed by atoms with Crippen LogP contribution in [0.5, 0.6) is 0 Å². The number of nitrogen functional groups attached to an aromatic ring is 1. The smallest absolute Gasteiger partial charge is 0.230 e. The Morgan fingerprint density at radius 2 is 2.05 bits per heavy atom. The van der Waals surface area contributed by atoms with E-state index in [1.165, 1.54) is 18.3 Å². The highest BCUT2D eigenvalue weighted by molar-refractivity contribution is 7.90. The number of anilines is 2. The Morgan fingerprint density at radius 3 is 2.67 bits per heavy atom. The van der Waals surface area contributed by atoms with E-state index in [4.69, 9.17) is 5.73 Å². The number of sulfone groups is 1. The third-order valence-electron chi connectivity index (χ3n) is 2.74. The molecule has 0 radical (unpaired) electrons. The van der Waals surface area contributed by atoms with Crippen molar-refractivity contribution in [2.75, 3.05) is 17.3 Å². The number of nitrogens with one attached hydrogen (secondary N) is 1. The summed E-state index contributed by atoms with van der Waals surface area (Å²) in [5, 5.41) is 2.64. The summed E-state index contributed by atoms with van der Waals surface area (Å²) in [7, 11) is -3.30. The monoisotopic (exact) mass is 305 g/mol. The number of hydrogen-bond donors (Lipinski definition) is 2. The van der Waals surface area contributed by atoms with E-state index in [0.717, 1.165) is 6.26 Å². The summed E-state index contributed by atoms with van der Waals surface area (Å²) in [6, 6.07) is 9.44. The Labute approximate surface area is 122 Å². The molecule has 0 fully saturated rings. The molecule has 3 N–H and O–H groups in total. The van der Waals surface area contributed by atoms with Crippen LogP contribution in [0, 0.1) is 0 Å².